The van der Waals surface area contributed by atoms with Crippen molar-refractivity contribution in [2.24, 2.45) is 5.41 Å². The average molecular weight is 213 g/mol. The molecule has 1 amide bonds. The van der Waals surface area contributed by atoms with E-state index in [4.69, 9.17) is 0 Å². The highest BCUT2D eigenvalue weighted by Gasteiger charge is 2.33. The van der Waals surface area contributed by atoms with Crippen LogP contribution in [0.15, 0.2) is 0 Å². The zero-order valence-electron chi connectivity index (χ0n) is 11.1. The minimum atomic E-state index is -0.137. The zero-order valence-corrected chi connectivity index (χ0v) is 11.1. The molecule has 0 bridgehead atoms. The van der Waals surface area contributed by atoms with Crippen molar-refractivity contribution in [3.05, 3.63) is 0 Å². The van der Waals surface area contributed by atoms with Crippen LogP contribution in [-0.4, -0.2) is 23.9 Å². The third-order valence-corrected chi connectivity index (χ3v) is 3.43. The summed E-state index contributed by atoms with van der Waals surface area (Å²) in [6.07, 6.45) is 4.29. The molecule has 0 heterocycles. The Kier molecular flexibility index (Phi) is 6.62. The molecule has 0 aliphatic carbocycles. The Bertz CT molecular complexity index is 187. The van der Waals surface area contributed by atoms with Crippen molar-refractivity contribution in [2.75, 3.05) is 13.1 Å². The lowest BCUT2D eigenvalue weighted by Crippen LogP contribution is -2.42. The molecular formula is C13H27NO. The van der Waals surface area contributed by atoms with E-state index in [1.807, 2.05) is 4.90 Å². The van der Waals surface area contributed by atoms with Gasteiger partial charge in [-0.15, -0.1) is 0 Å². The molecule has 0 aliphatic heterocycles. The highest BCUT2D eigenvalue weighted by atomic mass is 16.2. The molecule has 0 fully saturated rings. The lowest BCUT2D eigenvalue weighted by molar-refractivity contribution is -0.141. The van der Waals surface area contributed by atoms with Crippen LogP contribution >= 0.6 is 0 Å². The molecule has 0 N–H and O–H groups in total. The van der Waals surface area contributed by atoms with Crippen LogP contribution in [0.5, 0.6) is 0 Å². The van der Waals surface area contributed by atoms with E-state index in [9.17, 15) is 4.79 Å². The molecule has 0 aromatic heterocycles. The number of amides is 1. The number of hydrogen-bond acceptors (Lipinski definition) is 1. The first-order valence-electron chi connectivity index (χ1n) is 6.35. The standard InChI is InChI=1S/C13H27NO/c1-6-10-11-13(5,7-2)12(15)14(8-3)9-4/h6-11H2,1-5H3. The van der Waals surface area contributed by atoms with Gasteiger partial charge in [-0.25, -0.2) is 0 Å². The van der Waals surface area contributed by atoms with Crippen molar-refractivity contribution >= 4 is 5.91 Å². The Balaban J connectivity index is 4.54. The largest absolute Gasteiger partial charge is 0.343 e. The van der Waals surface area contributed by atoms with E-state index in [0.717, 1.165) is 32.4 Å². The predicted molar refractivity (Wildman–Crippen MR) is 65.9 cm³/mol. The molecule has 15 heavy (non-hydrogen) atoms. The molecule has 0 radical (unpaired) electrons. The Morgan fingerprint density at radius 2 is 1.67 bits per heavy atom. The first kappa shape index (κ1) is 14.5. The molecule has 1 unspecified atom stereocenters. The van der Waals surface area contributed by atoms with Gasteiger partial charge in [0.2, 0.25) is 5.91 Å². The fraction of sp³-hybridized carbons (Fsp3) is 0.923. The van der Waals surface area contributed by atoms with Crippen LogP contribution in [0, 0.1) is 5.41 Å². The fourth-order valence-electron chi connectivity index (χ4n) is 1.89. The first-order chi connectivity index (χ1) is 7.05. The molecule has 1 atom stereocenters. The van der Waals surface area contributed by atoms with Gasteiger partial charge in [0.25, 0.3) is 0 Å². The zero-order chi connectivity index (χ0) is 11.9. The normalized spacial score (nSPS) is 14.7. The summed E-state index contributed by atoms with van der Waals surface area (Å²) in [7, 11) is 0. The fourth-order valence-corrected chi connectivity index (χ4v) is 1.89. The molecule has 0 rings (SSSR count). The molecule has 2 heteroatoms. The maximum absolute atomic E-state index is 12.3. The summed E-state index contributed by atoms with van der Waals surface area (Å²) in [5.41, 5.74) is -0.137. The average Bonchev–Trinajstić information content (AvgIpc) is 2.27. The van der Waals surface area contributed by atoms with Crippen molar-refractivity contribution in [1.29, 1.82) is 0 Å². The molecule has 0 saturated heterocycles. The topological polar surface area (TPSA) is 20.3 Å². The van der Waals surface area contributed by atoms with E-state index in [0.29, 0.717) is 5.91 Å². The first-order valence-corrected chi connectivity index (χ1v) is 6.35. The highest BCUT2D eigenvalue weighted by molar-refractivity contribution is 5.82. The number of nitrogens with zero attached hydrogens (tertiary/aromatic N) is 1. The quantitative estimate of drug-likeness (QED) is 0.634. The Morgan fingerprint density at radius 3 is 2.00 bits per heavy atom. The summed E-state index contributed by atoms with van der Waals surface area (Å²) in [6.45, 7) is 12.2. The van der Waals surface area contributed by atoms with Crippen molar-refractivity contribution in [3.63, 3.8) is 0 Å². The van der Waals surface area contributed by atoms with E-state index in [1.165, 1.54) is 6.42 Å². The molecule has 0 aromatic carbocycles. The van der Waals surface area contributed by atoms with Crippen LogP contribution < -0.4 is 0 Å². The third kappa shape index (κ3) is 3.84. The predicted octanol–water partition coefficient (Wildman–Crippen LogP) is 3.46. The number of unbranched alkanes of at least 4 members (excludes halogenated alkanes) is 1. The van der Waals surface area contributed by atoms with Gasteiger partial charge in [0.05, 0.1) is 0 Å². The molecule has 2 nitrogen and oxygen atoms in total. The molecule has 0 spiro atoms. The van der Waals surface area contributed by atoms with Gasteiger partial charge in [0, 0.05) is 18.5 Å². The second-order valence-corrected chi connectivity index (χ2v) is 4.50. The van der Waals surface area contributed by atoms with Gasteiger partial charge < -0.3 is 4.90 Å². The van der Waals surface area contributed by atoms with Gasteiger partial charge >= 0.3 is 0 Å². The van der Waals surface area contributed by atoms with Crippen molar-refractivity contribution in [1.82, 2.24) is 4.90 Å². The van der Waals surface area contributed by atoms with Crippen LogP contribution in [0.4, 0.5) is 0 Å². The monoisotopic (exact) mass is 213 g/mol. The smallest absolute Gasteiger partial charge is 0.228 e. The van der Waals surface area contributed by atoms with E-state index < -0.39 is 0 Å². The maximum atomic E-state index is 12.3. The van der Waals surface area contributed by atoms with Crippen molar-refractivity contribution in [3.8, 4) is 0 Å². The number of carbonyl (C=O) groups excluding carboxylic acids is 1. The van der Waals surface area contributed by atoms with Crippen LogP contribution in [0.1, 0.15) is 60.3 Å². The van der Waals surface area contributed by atoms with E-state index >= 15 is 0 Å². The summed E-state index contributed by atoms with van der Waals surface area (Å²) in [5.74, 6) is 0.337. The van der Waals surface area contributed by atoms with Crippen LogP contribution in [0.3, 0.4) is 0 Å². The van der Waals surface area contributed by atoms with Gasteiger partial charge in [-0.1, -0.05) is 33.6 Å². The highest BCUT2D eigenvalue weighted by Crippen LogP contribution is 2.30. The Morgan fingerprint density at radius 1 is 1.13 bits per heavy atom. The summed E-state index contributed by atoms with van der Waals surface area (Å²) in [4.78, 5) is 14.2. The number of rotatable bonds is 7. The van der Waals surface area contributed by atoms with Gasteiger partial charge in [-0.3, -0.25) is 4.79 Å². The van der Waals surface area contributed by atoms with Crippen LogP contribution in [-0.2, 0) is 4.79 Å². The van der Waals surface area contributed by atoms with Crippen LogP contribution in [0.2, 0.25) is 0 Å². The van der Waals surface area contributed by atoms with E-state index in [1.54, 1.807) is 0 Å². The molecular weight excluding hydrogens is 186 g/mol. The van der Waals surface area contributed by atoms with Gasteiger partial charge in [0.1, 0.15) is 0 Å². The minimum Gasteiger partial charge on any atom is -0.343 e. The van der Waals surface area contributed by atoms with Crippen molar-refractivity contribution in [2.45, 2.75) is 60.3 Å². The third-order valence-electron chi connectivity index (χ3n) is 3.43. The molecule has 90 valence electrons. The lowest BCUT2D eigenvalue weighted by Gasteiger charge is -2.33. The minimum absolute atomic E-state index is 0.137. The van der Waals surface area contributed by atoms with Gasteiger partial charge in [0.15, 0.2) is 0 Å². The second-order valence-electron chi connectivity index (χ2n) is 4.50. The summed E-state index contributed by atoms with van der Waals surface area (Å²) in [5, 5.41) is 0. The van der Waals surface area contributed by atoms with Crippen molar-refractivity contribution < 1.29 is 4.79 Å². The molecule has 0 aliphatic rings. The lowest BCUT2D eigenvalue weighted by atomic mass is 9.81. The summed E-state index contributed by atoms with van der Waals surface area (Å²) in [6, 6.07) is 0. The Hall–Kier alpha value is -0.530. The summed E-state index contributed by atoms with van der Waals surface area (Å²) < 4.78 is 0. The maximum Gasteiger partial charge on any atom is 0.228 e. The second kappa shape index (κ2) is 6.86. The van der Waals surface area contributed by atoms with Gasteiger partial charge in [-0.2, -0.15) is 0 Å². The van der Waals surface area contributed by atoms with E-state index in [2.05, 4.69) is 34.6 Å². The van der Waals surface area contributed by atoms with E-state index in [-0.39, 0.29) is 5.41 Å². The SMILES string of the molecule is CCCCC(C)(CC)C(=O)N(CC)CC. The van der Waals surface area contributed by atoms with Gasteiger partial charge in [-0.05, 0) is 26.7 Å². The Labute approximate surface area is 95.0 Å². The molecule has 0 aromatic rings. The van der Waals surface area contributed by atoms with Crippen LogP contribution in [0.25, 0.3) is 0 Å². The number of hydrogen-bond donors (Lipinski definition) is 0. The summed E-state index contributed by atoms with van der Waals surface area (Å²) >= 11 is 0. The number of carbonyl (C=O) groups is 1. The molecule has 0 saturated carbocycles.